The van der Waals surface area contributed by atoms with Crippen molar-refractivity contribution in [3.63, 3.8) is 0 Å². The molecule has 1 amide bonds. The van der Waals surface area contributed by atoms with Gasteiger partial charge in [-0.1, -0.05) is 12.1 Å². The molecule has 4 rings (SSSR count). The number of likely N-dealkylation sites (tertiary alicyclic amines) is 1. The summed E-state index contributed by atoms with van der Waals surface area (Å²) in [6.45, 7) is 5.77. The number of amides is 1. The van der Waals surface area contributed by atoms with Gasteiger partial charge in [0.05, 0.1) is 0 Å². The number of carbonyl (C=O) groups is 1. The van der Waals surface area contributed by atoms with E-state index in [4.69, 9.17) is 0 Å². The predicted molar refractivity (Wildman–Crippen MR) is 106 cm³/mol. The maximum atomic E-state index is 12.8. The van der Waals surface area contributed by atoms with Crippen molar-refractivity contribution in [1.82, 2.24) is 15.1 Å². The number of fused-ring (bicyclic) bond motifs is 1. The van der Waals surface area contributed by atoms with Crippen molar-refractivity contribution < 1.29 is 13.2 Å². The Hall–Kier alpha value is -1.64. The number of sulfonamides is 1. The highest BCUT2D eigenvalue weighted by Gasteiger charge is 2.35. The monoisotopic (exact) mass is 412 g/mol. The fourth-order valence-electron chi connectivity index (χ4n) is 4.05. The van der Waals surface area contributed by atoms with Crippen LogP contribution in [0.5, 0.6) is 0 Å². The molecule has 9 heteroatoms. The van der Waals surface area contributed by atoms with Crippen LogP contribution in [0.1, 0.15) is 25.3 Å². The maximum Gasteiger partial charge on any atom is 0.285 e. The Balaban J connectivity index is 0.00000210. The van der Waals surface area contributed by atoms with Crippen molar-refractivity contribution in [3.05, 3.63) is 29.8 Å². The molecule has 148 valence electrons. The van der Waals surface area contributed by atoms with Gasteiger partial charge < -0.3 is 15.1 Å². The van der Waals surface area contributed by atoms with Crippen LogP contribution in [0.15, 0.2) is 33.6 Å². The molecule has 7 nitrogen and oxygen atoms in total. The number of carbonyl (C=O) groups excluding carboxylic acids is 1. The van der Waals surface area contributed by atoms with E-state index < -0.39 is 10.0 Å². The largest absolute Gasteiger partial charge is 0.355 e. The molecule has 1 aromatic carbocycles. The van der Waals surface area contributed by atoms with E-state index in [1.807, 2.05) is 15.9 Å². The van der Waals surface area contributed by atoms with E-state index in [0.29, 0.717) is 30.5 Å². The Morgan fingerprint density at radius 2 is 1.89 bits per heavy atom. The second-order valence-corrected chi connectivity index (χ2v) is 8.86. The maximum absolute atomic E-state index is 12.8. The lowest BCUT2D eigenvalue weighted by molar-refractivity contribution is -0.137. The number of rotatable bonds is 1. The standard InChI is InChI=1S/C18H24N4O3S.ClH/c1-13-12-22(11-8-19-13)18(23)14-6-9-21(10-7-14)17-15-4-2-3-5-16(15)26(24,25)20-17;/h2-5,13-14,19H,6-12H2,1H3;1H. The minimum absolute atomic E-state index is 0. The van der Waals surface area contributed by atoms with Crippen LogP contribution < -0.4 is 5.32 Å². The number of nitrogens with zero attached hydrogens (tertiary/aromatic N) is 3. The van der Waals surface area contributed by atoms with Crippen LogP contribution in [0.2, 0.25) is 0 Å². The van der Waals surface area contributed by atoms with Crippen LogP contribution in [0, 0.1) is 5.92 Å². The molecule has 3 heterocycles. The summed E-state index contributed by atoms with van der Waals surface area (Å²) in [4.78, 5) is 17.0. The molecule has 3 aliphatic heterocycles. The first-order valence-electron chi connectivity index (χ1n) is 9.17. The molecule has 2 saturated heterocycles. The number of nitrogens with one attached hydrogen (secondary N) is 1. The van der Waals surface area contributed by atoms with Gasteiger partial charge in [-0.2, -0.15) is 8.42 Å². The van der Waals surface area contributed by atoms with E-state index in [2.05, 4.69) is 16.6 Å². The van der Waals surface area contributed by atoms with Crippen molar-refractivity contribution in [2.75, 3.05) is 32.7 Å². The zero-order valence-corrected chi connectivity index (χ0v) is 16.9. The second-order valence-electron chi connectivity index (χ2n) is 7.29. The van der Waals surface area contributed by atoms with Crippen molar-refractivity contribution in [3.8, 4) is 0 Å². The molecule has 1 atom stereocenters. The molecule has 1 N–H and O–H groups in total. The molecule has 0 radical (unpaired) electrons. The van der Waals surface area contributed by atoms with Gasteiger partial charge in [-0.15, -0.1) is 16.8 Å². The van der Waals surface area contributed by atoms with Crippen LogP contribution in [0.3, 0.4) is 0 Å². The number of piperazine rings is 1. The number of halogens is 1. The van der Waals surface area contributed by atoms with E-state index >= 15 is 0 Å². The number of hydrogen-bond donors (Lipinski definition) is 1. The first kappa shape index (κ1) is 20.1. The molecule has 1 aromatic rings. The van der Waals surface area contributed by atoms with Crippen LogP contribution in [-0.2, 0) is 14.8 Å². The lowest BCUT2D eigenvalue weighted by Gasteiger charge is -2.38. The van der Waals surface area contributed by atoms with E-state index in [0.717, 1.165) is 32.5 Å². The number of piperidine rings is 1. The molecule has 0 saturated carbocycles. The minimum Gasteiger partial charge on any atom is -0.355 e. The van der Waals surface area contributed by atoms with Gasteiger partial charge in [-0.25, -0.2) is 0 Å². The summed E-state index contributed by atoms with van der Waals surface area (Å²) < 4.78 is 28.5. The van der Waals surface area contributed by atoms with E-state index in [9.17, 15) is 13.2 Å². The molecule has 0 bridgehead atoms. The predicted octanol–water partition coefficient (Wildman–Crippen LogP) is 1.09. The molecule has 0 spiro atoms. The zero-order valence-electron chi connectivity index (χ0n) is 15.3. The van der Waals surface area contributed by atoms with Crippen molar-refractivity contribution >= 4 is 34.2 Å². The first-order valence-corrected chi connectivity index (χ1v) is 10.6. The van der Waals surface area contributed by atoms with Gasteiger partial charge in [0.1, 0.15) is 4.90 Å². The van der Waals surface area contributed by atoms with Crippen LogP contribution >= 0.6 is 12.4 Å². The Morgan fingerprint density at radius 1 is 1.19 bits per heavy atom. The summed E-state index contributed by atoms with van der Waals surface area (Å²) in [5.41, 5.74) is 0.674. The van der Waals surface area contributed by atoms with Gasteiger partial charge in [0.25, 0.3) is 10.0 Å². The highest BCUT2D eigenvalue weighted by molar-refractivity contribution is 7.90. The quantitative estimate of drug-likeness (QED) is 0.746. The smallest absolute Gasteiger partial charge is 0.285 e. The second kappa shape index (κ2) is 7.77. The average Bonchev–Trinajstić information content (AvgIpc) is 2.93. The van der Waals surface area contributed by atoms with Gasteiger partial charge >= 0.3 is 0 Å². The summed E-state index contributed by atoms with van der Waals surface area (Å²) in [6.07, 6.45) is 1.47. The van der Waals surface area contributed by atoms with E-state index in [-0.39, 0.29) is 29.1 Å². The SMILES string of the molecule is CC1CN(C(=O)C2CCN(C3=NS(=O)(=O)c4ccccc43)CC2)CCN1.Cl. The fourth-order valence-corrected chi connectivity index (χ4v) is 5.27. The van der Waals surface area contributed by atoms with Gasteiger partial charge in [-0.3, -0.25) is 4.79 Å². The highest BCUT2D eigenvalue weighted by Crippen LogP contribution is 2.30. The van der Waals surface area contributed by atoms with Crippen molar-refractivity contribution in [2.24, 2.45) is 10.3 Å². The molecule has 0 aliphatic carbocycles. The molecule has 1 unspecified atom stereocenters. The van der Waals surface area contributed by atoms with Crippen molar-refractivity contribution in [2.45, 2.75) is 30.7 Å². The van der Waals surface area contributed by atoms with Crippen molar-refractivity contribution in [1.29, 1.82) is 0 Å². The lowest BCUT2D eigenvalue weighted by Crippen LogP contribution is -2.54. The summed E-state index contributed by atoms with van der Waals surface area (Å²) >= 11 is 0. The number of benzene rings is 1. The lowest BCUT2D eigenvalue weighted by atomic mass is 9.94. The third-order valence-electron chi connectivity index (χ3n) is 5.44. The van der Waals surface area contributed by atoms with Crippen LogP contribution in [0.4, 0.5) is 0 Å². The topological polar surface area (TPSA) is 82.1 Å². The molecule has 0 aromatic heterocycles. The normalized spacial score (nSPS) is 24.8. The zero-order chi connectivity index (χ0) is 18.3. The number of amidine groups is 1. The minimum atomic E-state index is -3.59. The first-order chi connectivity index (χ1) is 12.5. The molecule has 2 fully saturated rings. The Morgan fingerprint density at radius 3 is 2.59 bits per heavy atom. The number of hydrogen-bond acceptors (Lipinski definition) is 5. The average molecular weight is 413 g/mol. The van der Waals surface area contributed by atoms with E-state index in [1.54, 1.807) is 18.2 Å². The van der Waals surface area contributed by atoms with Gasteiger partial charge in [0.2, 0.25) is 5.91 Å². The fraction of sp³-hybridized carbons (Fsp3) is 0.556. The molecule has 27 heavy (non-hydrogen) atoms. The van der Waals surface area contributed by atoms with E-state index in [1.165, 1.54) is 0 Å². The van der Waals surface area contributed by atoms with Gasteiger partial charge in [0.15, 0.2) is 5.84 Å². The van der Waals surface area contributed by atoms with Gasteiger partial charge in [0, 0.05) is 50.2 Å². The Labute approximate surface area is 166 Å². The molecular weight excluding hydrogens is 388 g/mol. The van der Waals surface area contributed by atoms with Crippen LogP contribution in [0.25, 0.3) is 0 Å². The summed E-state index contributed by atoms with van der Waals surface area (Å²) in [6, 6.07) is 7.29. The van der Waals surface area contributed by atoms with Gasteiger partial charge in [-0.05, 0) is 31.9 Å². The third-order valence-corrected chi connectivity index (χ3v) is 6.76. The highest BCUT2D eigenvalue weighted by atomic mass is 35.5. The van der Waals surface area contributed by atoms with Crippen LogP contribution in [-0.4, -0.2) is 68.7 Å². The Bertz CT molecular complexity index is 850. The summed E-state index contributed by atoms with van der Waals surface area (Å²) in [7, 11) is -3.59. The summed E-state index contributed by atoms with van der Waals surface area (Å²) in [5, 5.41) is 3.36. The summed E-state index contributed by atoms with van der Waals surface area (Å²) in [5.74, 6) is 0.784. The third kappa shape index (κ3) is 3.83. The molecular formula is C18H25ClN4O3S. The Kier molecular flexibility index (Phi) is 5.79. The molecule has 3 aliphatic rings.